The normalized spacial score (nSPS) is 20.3. The lowest BCUT2D eigenvalue weighted by Crippen LogP contribution is -2.47. The number of nitrogens with zero attached hydrogens (tertiary/aromatic N) is 3. The van der Waals surface area contributed by atoms with Gasteiger partial charge in [-0.3, -0.25) is 19.3 Å². The second kappa shape index (κ2) is 11.2. The van der Waals surface area contributed by atoms with Crippen LogP contribution < -0.4 is 5.32 Å². The summed E-state index contributed by atoms with van der Waals surface area (Å²) in [4.78, 5) is 43.7. The van der Waals surface area contributed by atoms with Crippen LogP contribution in [0.3, 0.4) is 0 Å². The third-order valence-electron chi connectivity index (χ3n) is 5.87. The van der Waals surface area contributed by atoms with Crippen LogP contribution >= 0.6 is 23.2 Å². The fourth-order valence-corrected chi connectivity index (χ4v) is 4.54. The summed E-state index contributed by atoms with van der Waals surface area (Å²) in [6.45, 7) is 6.70. The fourth-order valence-electron chi connectivity index (χ4n) is 4.24. The van der Waals surface area contributed by atoms with Crippen molar-refractivity contribution in [2.75, 3.05) is 52.4 Å². The summed E-state index contributed by atoms with van der Waals surface area (Å²) in [7, 11) is 0. The molecule has 1 unspecified atom stereocenters. The maximum atomic E-state index is 13.2. The Bertz CT molecular complexity index is 820. The molecule has 0 aliphatic carbocycles. The third kappa shape index (κ3) is 6.34. The maximum absolute atomic E-state index is 13.2. The first kappa shape index (κ1) is 23.8. The molecule has 2 aliphatic heterocycles. The van der Waals surface area contributed by atoms with Gasteiger partial charge in [0.05, 0.1) is 22.5 Å². The van der Waals surface area contributed by atoms with Crippen LogP contribution in [0, 0.1) is 5.92 Å². The van der Waals surface area contributed by atoms with Gasteiger partial charge in [-0.05, 0) is 44.4 Å². The summed E-state index contributed by atoms with van der Waals surface area (Å²) in [5.74, 6) is -0.201. The number of hydrogen-bond acceptors (Lipinski definition) is 4. The Morgan fingerprint density at radius 1 is 1.00 bits per heavy atom. The zero-order valence-electron chi connectivity index (χ0n) is 17.9. The highest BCUT2D eigenvalue weighted by atomic mass is 35.5. The van der Waals surface area contributed by atoms with E-state index in [0.717, 1.165) is 25.8 Å². The van der Waals surface area contributed by atoms with Crippen molar-refractivity contribution in [2.24, 2.45) is 5.92 Å². The molecule has 3 amide bonds. The number of benzene rings is 1. The zero-order valence-corrected chi connectivity index (χ0v) is 19.4. The highest BCUT2D eigenvalue weighted by Crippen LogP contribution is 2.25. The molecule has 7 nitrogen and oxygen atoms in total. The Hall–Kier alpha value is -1.83. The quantitative estimate of drug-likeness (QED) is 0.720. The van der Waals surface area contributed by atoms with Crippen LogP contribution in [-0.2, 0) is 9.59 Å². The molecule has 0 radical (unpaired) electrons. The van der Waals surface area contributed by atoms with E-state index < -0.39 is 0 Å². The predicted octanol–water partition coefficient (Wildman–Crippen LogP) is 2.52. The summed E-state index contributed by atoms with van der Waals surface area (Å²) in [5, 5.41) is 3.58. The third-order valence-corrected chi connectivity index (χ3v) is 6.60. The van der Waals surface area contributed by atoms with Crippen molar-refractivity contribution in [2.45, 2.75) is 26.2 Å². The number of carbonyl (C=O) groups is 3. The molecular weight excluding hydrogens is 439 g/mol. The summed E-state index contributed by atoms with van der Waals surface area (Å²) < 4.78 is 0. The van der Waals surface area contributed by atoms with Gasteiger partial charge in [0.1, 0.15) is 0 Å². The van der Waals surface area contributed by atoms with E-state index in [1.54, 1.807) is 23.1 Å². The van der Waals surface area contributed by atoms with Crippen molar-refractivity contribution in [3.63, 3.8) is 0 Å². The molecule has 1 atom stereocenters. The van der Waals surface area contributed by atoms with Crippen LogP contribution in [0.25, 0.3) is 0 Å². The number of amides is 3. The van der Waals surface area contributed by atoms with Gasteiger partial charge in [-0.15, -0.1) is 0 Å². The molecule has 1 aromatic rings. The molecule has 170 valence electrons. The number of nitrogens with one attached hydrogen (secondary N) is 1. The van der Waals surface area contributed by atoms with E-state index in [0.29, 0.717) is 61.4 Å². The van der Waals surface area contributed by atoms with Gasteiger partial charge in [0.15, 0.2) is 0 Å². The molecule has 2 aliphatic rings. The van der Waals surface area contributed by atoms with E-state index >= 15 is 0 Å². The Balaban J connectivity index is 1.57. The monoisotopic (exact) mass is 468 g/mol. The zero-order chi connectivity index (χ0) is 22.4. The van der Waals surface area contributed by atoms with Gasteiger partial charge >= 0.3 is 0 Å². The van der Waals surface area contributed by atoms with Gasteiger partial charge in [-0.2, -0.15) is 0 Å². The van der Waals surface area contributed by atoms with E-state index in [2.05, 4.69) is 10.2 Å². The summed E-state index contributed by atoms with van der Waals surface area (Å²) in [5.41, 5.74) is 0.485. The molecule has 0 saturated carbocycles. The summed E-state index contributed by atoms with van der Waals surface area (Å²) >= 11 is 12.0. The van der Waals surface area contributed by atoms with E-state index in [1.807, 2.05) is 11.8 Å². The van der Waals surface area contributed by atoms with Gasteiger partial charge in [-0.25, -0.2) is 0 Å². The highest BCUT2D eigenvalue weighted by Gasteiger charge is 2.32. The predicted molar refractivity (Wildman–Crippen MR) is 121 cm³/mol. The number of carbonyl (C=O) groups excluding carboxylic acids is 3. The highest BCUT2D eigenvalue weighted by molar-refractivity contribution is 6.42. The SMILES string of the molecule is CCNC(=O)CN1CCCN(C(=O)C2CCCN(C(=O)c3ccc(Cl)c(Cl)c3)C2)CC1. The first-order valence-corrected chi connectivity index (χ1v) is 11.7. The van der Waals surface area contributed by atoms with E-state index in [9.17, 15) is 14.4 Å². The van der Waals surface area contributed by atoms with Crippen molar-refractivity contribution >= 4 is 40.9 Å². The number of hydrogen-bond donors (Lipinski definition) is 1. The van der Waals surface area contributed by atoms with Gasteiger partial charge in [-0.1, -0.05) is 23.2 Å². The smallest absolute Gasteiger partial charge is 0.253 e. The first-order chi connectivity index (χ1) is 14.9. The van der Waals surface area contributed by atoms with Crippen molar-refractivity contribution in [1.29, 1.82) is 0 Å². The molecule has 1 N–H and O–H groups in total. The van der Waals surface area contributed by atoms with Crippen LogP contribution in [0.4, 0.5) is 0 Å². The molecule has 3 rings (SSSR count). The molecule has 2 heterocycles. The molecule has 0 bridgehead atoms. The van der Waals surface area contributed by atoms with E-state index in [-0.39, 0.29) is 23.6 Å². The number of likely N-dealkylation sites (tertiary alicyclic amines) is 1. The second-order valence-electron chi connectivity index (χ2n) is 8.13. The number of halogens is 2. The van der Waals surface area contributed by atoms with Crippen LogP contribution in [0.5, 0.6) is 0 Å². The largest absolute Gasteiger partial charge is 0.355 e. The van der Waals surface area contributed by atoms with Crippen LogP contribution in [0.15, 0.2) is 18.2 Å². The Morgan fingerprint density at radius 3 is 2.52 bits per heavy atom. The molecule has 0 aromatic heterocycles. The Kier molecular flexibility index (Phi) is 8.58. The minimum Gasteiger partial charge on any atom is -0.355 e. The van der Waals surface area contributed by atoms with Crippen LogP contribution in [-0.4, -0.2) is 84.8 Å². The van der Waals surface area contributed by atoms with Crippen molar-refractivity contribution in [1.82, 2.24) is 20.0 Å². The lowest BCUT2D eigenvalue weighted by Gasteiger charge is -2.35. The van der Waals surface area contributed by atoms with Gasteiger partial charge in [0.25, 0.3) is 5.91 Å². The van der Waals surface area contributed by atoms with Crippen molar-refractivity contribution in [3.8, 4) is 0 Å². The minimum absolute atomic E-state index is 0.0195. The van der Waals surface area contributed by atoms with Gasteiger partial charge in [0, 0.05) is 51.4 Å². The molecule has 0 spiro atoms. The number of piperidine rings is 1. The molecule has 2 saturated heterocycles. The minimum atomic E-state index is -0.199. The van der Waals surface area contributed by atoms with Crippen molar-refractivity contribution in [3.05, 3.63) is 33.8 Å². The Labute approximate surface area is 193 Å². The van der Waals surface area contributed by atoms with Gasteiger partial charge < -0.3 is 15.1 Å². The summed E-state index contributed by atoms with van der Waals surface area (Å²) in [6, 6.07) is 4.86. The van der Waals surface area contributed by atoms with E-state index in [1.165, 1.54) is 0 Å². The van der Waals surface area contributed by atoms with E-state index in [4.69, 9.17) is 23.2 Å². The first-order valence-electron chi connectivity index (χ1n) is 10.9. The fraction of sp³-hybridized carbons (Fsp3) is 0.591. The lowest BCUT2D eigenvalue weighted by molar-refractivity contribution is -0.136. The summed E-state index contributed by atoms with van der Waals surface area (Å²) in [6.07, 6.45) is 2.41. The maximum Gasteiger partial charge on any atom is 0.253 e. The molecule has 31 heavy (non-hydrogen) atoms. The molecular formula is C22H30Cl2N4O3. The lowest BCUT2D eigenvalue weighted by atomic mass is 9.95. The standard InChI is InChI=1S/C22H30Cl2N4O3/c1-2-25-20(29)15-26-8-4-10-27(12-11-26)22(31)17-5-3-9-28(14-17)21(30)16-6-7-18(23)19(24)13-16/h6-7,13,17H,2-5,8-12,14-15H2,1H3,(H,25,29). The molecule has 9 heteroatoms. The van der Waals surface area contributed by atoms with Crippen LogP contribution in [0.2, 0.25) is 10.0 Å². The topological polar surface area (TPSA) is 73.0 Å². The Morgan fingerprint density at radius 2 is 1.77 bits per heavy atom. The van der Waals surface area contributed by atoms with Gasteiger partial charge in [0.2, 0.25) is 11.8 Å². The van der Waals surface area contributed by atoms with Crippen molar-refractivity contribution < 1.29 is 14.4 Å². The van der Waals surface area contributed by atoms with Crippen LogP contribution in [0.1, 0.15) is 36.5 Å². The average Bonchev–Trinajstić information content (AvgIpc) is 3.00. The molecule has 1 aromatic carbocycles. The second-order valence-corrected chi connectivity index (χ2v) is 8.94. The molecule has 2 fully saturated rings. The number of likely N-dealkylation sites (N-methyl/N-ethyl adjacent to an activating group) is 1. The number of rotatable bonds is 5. The average molecular weight is 469 g/mol.